The molecule has 0 aromatic heterocycles. The molecule has 0 radical (unpaired) electrons. The number of benzene rings is 2. The molecule has 2 rings (SSSR count). The van der Waals surface area contributed by atoms with E-state index in [0.29, 0.717) is 27.8 Å². The number of rotatable bonds is 6. The van der Waals surface area contributed by atoms with Gasteiger partial charge in [-0.15, -0.1) is 0 Å². The molecule has 132 valence electrons. The van der Waals surface area contributed by atoms with Crippen LogP contribution in [0, 0.1) is 0 Å². The maximum absolute atomic E-state index is 12.4. The number of quaternary nitrogens is 1. The van der Waals surface area contributed by atoms with Crippen molar-refractivity contribution in [2.24, 2.45) is 5.73 Å². The molecule has 25 heavy (non-hydrogen) atoms. The third-order valence-electron chi connectivity index (χ3n) is 4.05. The van der Waals surface area contributed by atoms with Gasteiger partial charge in [0.25, 0.3) is 5.91 Å². The molecular weight excluding hydrogens is 361 g/mol. The zero-order valence-corrected chi connectivity index (χ0v) is 15.5. The van der Waals surface area contributed by atoms with Gasteiger partial charge in [-0.3, -0.25) is 9.59 Å². The molecule has 0 heterocycles. The summed E-state index contributed by atoms with van der Waals surface area (Å²) >= 11 is 12.1. The van der Waals surface area contributed by atoms with Gasteiger partial charge in [0.1, 0.15) is 6.54 Å². The Balaban J connectivity index is 1.99. The fraction of sp³-hybridized carbons (Fsp3) is 0.222. The normalized spacial score (nSPS) is 13.1. The lowest BCUT2D eigenvalue weighted by atomic mass is 10.1. The Morgan fingerprint density at radius 1 is 1.16 bits per heavy atom. The van der Waals surface area contributed by atoms with E-state index in [1.165, 1.54) is 0 Å². The summed E-state index contributed by atoms with van der Waals surface area (Å²) in [6.45, 7) is 2.43. The Morgan fingerprint density at radius 3 is 2.36 bits per heavy atom. The summed E-state index contributed by atoms with van der Waals surface area (Å²) in [5.74, 6) is -0.635. The SMILES string of the molecule is C[C@@H](C(=O)Nc1ccc(C(N)=O)cc1)[NH+](C)Cc1ccc(Cl)cc1Cl. The molecule has 0 saturated carbocycles. The highest BCUT2D eigenvalue weighted by molar-refractivity contribution is 6.35. The summed E-state index contributed by atoms with van der Waals surface area (Å²) in [4.78, 5) is 24.5. The first-order valence-electron chi connectivity index (χ1n) is 7.75. The predicted molar refractivity (Wildman–Crippen MR) is 100 cm³/mol. The average Bonchev–Trinajstić information content (AvgIpc) is 2.57. The van der Waals surface area contributed by atoms with E-state index in [-0.39, 0.29) is 11.9 Å². The Kier molecular flexibility index (Phi) is 6.42. The van der Waals surface area contributed by atoms with E-state index in [2.05, 4.69) is 5.32 Å². The van der Waals surface area contributed by atoms with Crippen LogP contribution >= 0.6 is 23.2 Å². The maximum atomic E-state index is 12.4. The quantitative estimate of drug-likeness (QED) is 0.717. The van der Waals surface area contributed by atoms with Crippen LogP contribution in [0.4, 0.5) is 5.69 Å². The van der Waals surface area contributed by atoms with Crippen LogP contribution in [-0.2, 0) is 11.3 Å². The summed E-state index contributed by atoms with van der Waals surface area (Å²) in [6.07, 6.45) is 0. The van der Waals surface area contributed by atoms with Gasteiger partial charge in [0.05, 0.1) is 12.1 Å². The van der Waals surface area contributed by atoms with Gasteiger partial charge in [0.15, 0.2) is 6.04 Å². The zero-order valence-electron chi connectivity index (χ0n) is 14.0. The fourth-order valence-electron chi connectivity index (χ4n) is 2.31. The van der Waals surface area contributed by atoms with Crippen molar-refractivity contribution in [1.82, 2.24) is 0 Å². The van der Waals surface area contributed by atoms with Gasteiger partial charge in [-0.05, 0) is 43.3 Å². The predicted octanol–water partition coefficient (Wildman–Crippen LogP) is 2.13. The van der Waals surface area contributed by atoms with Gasteiger partial charge in [-0.25, -0.2) is 0 Å². The van der Waals surface area contributed by atoms with E-state index in [4.69, 9.17) is 28.9 Å². The van der Waals surface area contributed by atoms with Crippen LogP contribution in [0.25, 0.3) is 0 Å². The molecule has 0 aliphatic carbocycles. The van der Waals surface area contributed by atoms with Crippen LogP contribution in [0.1, 0.15) is 22.8 Å². The van der Waals surface area contributed by atoms with Gasteiger partial charge in [0.2, 0.25) is 5.91 Å². The first-order valence-corrected chi connectivity index (χ1v) is 8.50. The highest BCUT2D eigenvalue weighted by Crippen LogP contribution is 2.20. The van der Waals surface area contributed by atoms with Gasteiger partial charge in [-0.1, -0.05) is 29.3 Å². The standard InChI is InChI=1S/C18H19Cl2N3O2/c1-11(23(2)10-13-3-6-14(19)9-16(13)20)18(25)22-15-7-4-12(5-8-15)17(21)24/h3-9,11H,10H2,1-2H3,(H2,21,24)(H,22,25)/p+1/t11-/m0/s1. The molecule has 0 bridgehead atoms. The molecule has 0 spiro atoms. The average molecular weight is 381 g/mol. The largest absolute Gasteiger partial charge is 0.366 e. The Morgan fingerprint density at radius 2 is 1.80 bits per heavy atom. The smallest absolute Gasteiger partial charge is 0.282 e. The minimum atomic E-state index is -0.504. The van der Waals surface area contributed by atoms with Crippen molar-refractivity contribution in [3.8, 4) is 0 Å². The molecule has 0 aliphatic rings. The van der Waals surface area contributed by atoms with E-state index in [1.807, 2.05) is 20.0 Å². The third-order valence-corrected chi connectivity index (χ3v) is 4.64. The number of carbonyl (C=O) groups is 2. The molecule has 4 N–H and O–H groups in total. The van der Waals surface area contributed by atoms with Crippen LogP contribution < -0.4 is 16.0 Å². The van der Waals surface area contributed by atoms with Crippen molar-refractivity contribution in [2.45, 2.75) is 19.5 Å². The summed E-state index contributed by atoms with van der Waals surface area (Å²) in [7, 11) is 1.92. The lowest BCUT2D eigenvalue weighted by Gasteiger charge is -2.21. The zero-order chi connectivity index (χ0) is 18.6. The molecule has 2 atom stereocenters. The van der Waals surface area contributed by atoms with Gasteiger partial charge in [0, 0.05) is 21.8 Å². The monoisotopic (exact) mass is 380 g/mol. The molecule has 2 amide bonds. The second kappa shape index (κ2) is 8.34. The molecule has 0 fully saturated rings. The fourth-order valence-corrected chi connectivity index (χ4v) is 2.79. The molecule has 7 heteroatoms. The summed E-state index contributed by atoms with van der Waals surface area (Å²) in [6, 6.07) is 11.5. The van der Waals surface area contributed by atoms with Gasteiger partial charge < -0.3 is 16.0 Å². The number of hydrogen-bond donors (Lipinski definition) is 3. The van der Waals surface area contributed by atoms with E-state index in [1.54, 1.807) is 36.4 Å². The topological polar surface area (TPSA) is 76.6 Å². The second-order valence-corrected chi connectivity index (χ2v) is 6.76. The molecule has 0 saturated heterocycles. The lowest BCUT2D eigenvalue weighted by Crippen LogP contribution is -3.12. The number of nitrogens with two attached hydrogens (primary N) is 1. The number of likely N-dealkylation sites (N-methyl/N-ethyl adjacent to an activating group) is 1. The minimum Gasteiger partial charge on any atom is -0.366 e. The lowest BCUT2D eigenvalue weighted by molar-refractivity contribution is -0.907. The Hall–Kier alpha value is -2.08. The highest BCUT2D eigenvalue weighted by Gasteiger charge is 2.22. The highest BCUT2D eigenvalue weighted by atomic mass is 35.5. The number of anilines is 1. The molecular formula is C18H20Cl2N3O2+. The van der Waals surface area contributed by atoms with Crippen LogP contribution in [0.15, 0.2) is 42.5 Å². The van der Waals surface area contributed by atoms with Gasteiger partial charge >= 0.3 is 0 Å². The van der Waals surface area contributed by atoms with E-state index < -0.39 is 5.91 Å². The minimum absolute atomic E-state index is 0.130. The van der Waals surface area contributed by atoms with Crippen LogP contribution in [0.5, 0.6) is 0 Å². The van der Waals surface area contributed by atoms with E-state index in [0.717, 1.165) is 10.5 Å². The number of hydrogen-bond acceptors (Lipinski definition) is 2. The van der Waals surface area contributed by atoms with Crippen molar-refractivity contribution in [1.29, 1.82) is 0 Å². The molecule has 2 aromatic carbocycles. The van der Waals surface area contributed by atoms with E-state index >= 15 is 0 Å². The number of amides is 2. The first kappa shape index (κ1) is 19.2. The van der Waals surface area contributed by atoms with Crippen molar-refractivity contribution < 1.29 is 14.5 Å². The van der Waals surface area contributed by atoms with Crippen LogP contribution in [0.2, 0.25) is 10.0 Å². The summed E-state index contributed by atoms with van der Waals surface area (Å²) < 4.78 is 0. The summed E-state index contributed by atoms with van der Waals surface area (Å²) in [5, 5.41) is 4.00. The second-order valence-electron chi connectivity index (χ2n) is 5.91. The molecule has 0 aliphatic heterocycles. The maximum Gasteiger partial charge on any atom is 0.282 e. The van der Waals surface area contributed by atoms with Crippen molar-refractivity contribution >= 4 is 40.7 Å². The van der Waals surface area contributed by atoms with Crippen molar-refractivity contribution in [3.63, 3.8) is 0 Å². The molecule has 5 nitrogen and oxygen atoms in total. The Bertz CT molecular complexity index is 778. The van der Waals surface area contributed by atoms with E-state index in [9.17, 15) is 9.59 Å². The van der Waals surface area contributed by atoms with Crippen LogP contribution in [0.3, 0.4) is 0 Å². The Labute approximate surface area is 156 Å². The summed E-state index contributed by atoms with van der Waals surface area (Å²) in [5.41, 5.74) is 7.13. The molecule has 1 unspecified atom stereocenters. The number of nitrogens with one attached hydrogen (secondary N) is 2. The van der Waals surface area contributed by atoms with Crippen molar-refractivity contribution in [3.05, 3.63) is 63.6 Å². The molecule has 2 aromatic rings. The number of carbonyl (C=O) groups excluding carboxylic acids is 2. The van der Waals surface area contributed by atoms with Gasteiger partial charge in [-0.2, -0.15) is 0 Å². The third kappa shape index (κ3) is 5.19. The first-order chi connectivity index (χ1) is 11.8. The van der Waals surface area contributed by atoms with Crippen molar-refractivity contribution in [2.75, 3.05) is 12.4 Å². The number of halogens is 2. The van der Waals surface area contributed by atoms with Crippen LogP contribution in [-0.4, -0.2) is 24.9 Å². The number of primary amides is 1.